The monoisotopic (exact) mass is 200 g/mol. The second-order valence-corrected chi connectivity index (χ2v) is 3.86. The van der Waals surface area contributed by atoms with E-state index in [0.717, 1.165) is 11.0 Å². The minimum absolute atomic E-state index is 0.783. The van der Waals surface area contributed by atoms with Gasteiger partial charge >= 0.3 is 0 Å². The summed E-state index contributed by atoms with van der Waals surface area (Å²) in [5, 5.41) is 0. The summed E-state index contributed by atoms with van der Waals surface area (Å²) in [6, 6.07) is 7.39. The highest BCUT2D eigenvalue weighted by Crippen LogP contribution is 2.15. The Morgan fingerprint density at radius 3 is 2.92 bits per heavy atom. The van der Waals surface area contributed by atoms with Crippen molar-refractivity contribution in [1.29, 1.82) is 0 Å². The highest BCUT2D eigenvalue weighted by atomic mass is 35.7. The molecule has 0 amide bonds. The van der Waals surface area contributed by atoms with Gasteiger partial charge in [-0.25, -0.2) is 4.98 Å². The lowest BCUT2D eigenvalue weighted by Crippen LogP contribution is -2.02. The maximum absolute atomic E-state index is 10.9. The average molecular weight is 201 g/mol. The van der Waals surface area contributed by atoms with Gasteiger partial charge in [0.2, 0.25) is 10.7 Å². The second-order valence-electron chi connectivity index (χ2n) is 2.27. The number of para-hydroxylation sites is 2. The van der Waals surface area contributed by atoms with Crippen LogP contribution in [0.5, 0.6) is 0 Å². The SMILES string of the molecule is [O-][S+](Cl)n1cnc2ccccc21. The lowest BCUT2D eigenvalue weighted by Gasteiger charge is -1.98. The third-order valence-electron chi connectivity index (χ3n) is 1.58. The van der Waals surface area contributed by atoms with Crippen molar-refractivity contribution in [1.82, 2.24) is 8.96 Å². The molecular formula is C7H5ClN2OS. The van der Waals surface area contributed by atoms with E-state index in [9.17, 15) is 4.55 Å². The van der Waals surface area contributed by atoms with E-state index >= 15 is 0 Å². The van der Waals surface area contributed by atoms with Crippen LogP contribution in [0.15, 0.2) is 30.6 Å². The van der Waals surface area contributed by atoms with Crippen LogP contribution in [0, 0.1) is 0 Å². The highest BCUT2D eigenvalue weighted by Gasteiger charge is 2.10. The molecule has 0 bridgehead atoms. The Labute approximate surface area is 76.8 Å². The number of hydrogen-bond donors (Lipinski definition) is 0. The van der Waals surface area contributed by atoms with Crippen molar-refractivity contribution in [2.24, 2.45) is 0 Å². The van der Waals surface area contributed by atoms with Gasteiger partial charge in [0.15, 0.2) is 10.6 Å². The summed E-state index contributed by atoms with van der Waals surface area (Å²) >= 11 is 0. The Hall–Kier alpha value is -0.710. The van der Waals surface area contributed by atoms with Crippen molar-refractivity contribution in [3.05, 3.63) is 30.6 Å². The molecule has 62 valence electrons. The molecule has 12 heavy (non-hydrogen) atoms. The molecule has 0 radical (unpaired) electrons. The first kappa shape index (κ1) is 7.91. The van der Waals surface area contributed by atoms with Crippen molar-refractivity contribution in [3.63, 3.8) is 0 Å². The zero-order valence-electron chi connectivity index (χ0n) is 5.98. The summed E-state index contributed by atoms with van der Waals surface area (Å²) in [5.41, 5.74) is 1.58. The summed E-state index contributed by atoms with van der Waals surface area (Å²) in [4.78, 5) is 4.03. The fraction of sp³-hybridized carbons (Fsp3) is 0. The first-order valence-electron chi connectivity index (χ1n) is 3.29. The summed E-state index contributed by atoms with van der Waals surface area (Å²) in [6.07, 6.45) is 1.47. The van der Waals surface area contributed by atoms with Crippen molar-refractivity contribution < 1.29 is 4.55 Å². The zero-order chi connectivity index (χ0) is 8.55. The van der Waals surface area contributed by atoms with Crippen molar-refractivity contribution in [2.45, 2.75) is 0 Å². The van der Waals surface area contributed by atoms with Crippen LogP contribution in [-0.2, 0) is 10.6 Å². The minimum atomic E-state index is -1.55. The Morgan fingerprint density at radius 1 is 1.42 bits per heavy atom. The van der Waals surface area contributed by atoms with E-state index in [1.165, 1.54) is 10.3 Å². The fourth-order valence-corrected chi connectivity index (χ4v) is 1.81. The molecular weight excluding hydrogens is 196 g/mol. The van der Waals surface area contributed by atoms with E-state index in [1.54, 1.807) is 0 Å². The average Bonchev–Trinajstić information content (AvgIpc) is 2.47. The van der Waals surface area contributed by atoms with E-state index in [4.69, 9.17) is 10.7 Å². The maximum atomic E-state index is 10.9. The summed E-state index contributed by atoms with van der Waals surface area (Å²) in [5.74, 6) is 0. The van der Waals surface area contributed by atoms with E-state index in [0.29, 0.717) is 0 Å². The Morgan fingerprint density at radius 2 is 2.17 bits per heavy atom. The molecule has 0 spiro atoms. The molecule has 0 aliphatic carbocycles. The molecule has 0 fully saturated rings. The van der Waals surface area contributed by atoms with Gasteiger partial charge in [-0.15, -0.1) is 3.97 Å². The van der Waals surface area contributed by atoms with Crippen LogP contribution < -0.4 is 0 Å². The normalized spacial score (nSPS) is 13.5. The van der Waals surface area contributed by atoms with Gasteiger partial charge in [-0.2, -0.15) is 0 Å². The highest BCUT2D eigenvalue weighted by molar-refractivity contribution is 8.12. The Kier molecular flexibility index (Phi) is 1.96. The molecule has 1 aromatic heterocycles. The zero-order valence-corrected chi connectivity index (χ0v) is 7.55. The predicted molar refractivity (Wildman–Crippen MR) is 49.1 cm³/mol. The lowest BCUT2D eigenvalue weighted by atomic mass is 10.3. The van der Waals surface area contributed by atoms with E-state index in [1.807, 2.05) is 24.3 Å². The lowest BCUT2D eigenvalue weighted by molar-refractivity contribution is 0.602. The van der Waals surface area contributed by atoms with Gasteiger partial charge < -0.3 is 4.55 Å². The second kappa shape index (κ2) is 2.97. The molecule has 5 heteroatoms. The molecule has 1 atom stereocenters. The Bertz CT molecular complexity index is 401. The smallest absolute Gasteiger partial charge is 0.207 e. The number of fused-ring (bicyclic) bond motifs is 1. The molecule has 1 aromatic carbocycles. The quantitative estimate of drug-likeness (QED) is 0.658. The molecule has 2 aromatic rings. The number of aromatic nitrogens is 2. The molecule has 2 rings (SSSR count). The van der Waals surface area contributed by atoms with Gasteiger partial charge in [-0.1, -0.05) is 12.1 Å². The fourth-order valence-electron chi connectivity index (χ4n) is 1.05. The summed E-state index contributed by atoms with van der Waals surface area (Å²) in [7, 11) is 3.87. The van der Waals surface area contributed by atoms with Crippen molar-refractivity contribution >= 4 is 32.3 Å². The molecule has 0 aliphatic heterocycles. The van der Waals surface area contributed by atoms with E-state index in [2.05, 4.69) is 4.98 Å². The van der Waals surface area contributed by atoms with Crippen LogP contribution in [0.25, 0.3) is 11.0 Å². The molecule has 1 unspecified atom stereocenters. The minimum Gasteiger partial charge on any atom is -0.575 e. The number of rotatable bonds is 1. The molecule has 0 aliphatic rings. The van der Waals surface area contributed by atoms with E-state index < -0.39 is 10.6 Å². The van der Waals surface area contributed by atoms with Crippen molar-refractivity contribution in [2.75, 3.05) is 0 Å². The van der Waals surface area contributed by atoms with Crippen LogP contribution in [0.1, 0.15) is 0 Å². The Balaban J connectivity index is 2.70. The maximum Gasteiger partial charge on any atom is 0.207 e. The predicted octanol–water partition coefficient (Wildman–Crippen LogP) is 1.70. The number of nitrogens with zero attached hydrogens (tertiary/aromatic N) is 2. The van der Waals surface area contributed by atoms with Crippen LogP contribution in [0.4, 0.5) is 0 Å². The third-order valence-corrected chi connectivity index (χ3v) is 2.62. The van der Waals surface area contributed by atoms with Gasteiger partial charge in [0.05, 0.1) is 5.52 Å². The van der Waals surface area contributed by atoms with Gasteiger partial charge in [0, 0.05) is 0 Å². The van der Waals surface area contributed by atoms with Crippen LogP contribution in [0.3, 0.4) is 0 Å². The molecule has 3 nitrogen and oxygen atoms in total. The standard InChI is InChI=1S/C7H5ClN2OS/c8-12(11)10-5-9-6-3-1-2-4-7(6)10/h1-5H. The molecule has 1 heterocycles. The van der Waals surface area contributed by atoms with Gasteiger partial charge in [0.1, 0.15) is 11.8 Å². The summed E-state index contributed by atoms with van der Waals surface area (Å²) < 4.78 is 12.3. The van der Waals surface area contributed by atoms with Crippen LogP contribution >= 0.6 is 10.7 Å². The summed E-state index contributed by atoms with van der Waals surface area (Å²) in [6.45, 7) is 0. The molecule has 0 saturated heterocycles. The first-order chi connectivity index (χ1) is 5.79. The van der Waals surface area contributed by atoms with Crippen molar-refractivity contribution in [3.8, 4) is 0 Å². The van der Waals surface area contributed by atoms with Gasteiger partial charge in [0.25, 0.3) is 0 Å². The van der Waals surface area contributed by atoms with Crippen LogP contribution in [-0.4, -0.2) is 13.5 Å². The number of imidazole rings is 1. The number of benzene rings is 1. The van der Waals surface area contributed by atoms with Crippen LogP contribution in [0.2, 0.25) is 0 Å². The topological polar surface area (TPSA) is 40.9 Å². The third kappa shape index (κ3) is 1.18. The molecule has 0 saturated carbocycles. The van der Waals surface area contributed by atoms with E-state index in [-0.39, 0.29) is 0 Å². The number of hydrogen-bond acceptors (Lipinski definition) is 2. The molecule has 0 N–H and O–H groups in total. The largest absolute Gasteiger partial charge is 0.575 e. The first-order valence-corrected chi connectivity index (χ1v) is 5.23. The van der Waals surface area contributed by atoms with Gasteiger partial charge in [-0.3, -0.25) is 0 Å². The number of halogens is 1. The van der Waals surface area contributed by atoms with Gasteiger partial charge in [-0.05, 0) is 12.1 Å².